The van der Waals surface area contributed by atoms with Crippen molar-refractivity contribution in [1.29, 1.82) is 0 Å². The molecule has 252 valence electrons. The lowest BCUT2D eigenvalue weighted by atomic mass is 9.86. The van der Waals surface area contributed by atoms with E-state index in [0.717, 1.165) is 61.5 Å². The van der Waals surface area contributed by atoms with Crippen LogP contribution in [0.15, 0.2) is 192 Å². The summed E-state index contributed by atoms with van der Waals surface area (Å²) >= 11 is 0. The van der Waals surface area contributed by atoms with Gasteiger partial charge >= 0.3 is 0 Å². The maximum atomic E-state index is 6.54. The predicted molar refractivity (Wildman–Crippen MR) is 222 cm³/mol. The normalized spacial score (nSPS) is 12.0. The first-order chi connectivity index (χ1) is 26.8. The zero-order valence-corrected chi connectivity index (χ0v) is 29.1. The van der Waals surface area contributed by atoms with Gasteiger partial charge in [0.25, 0.3) is 0 Å². The average molecular weight is 690 g/mol. The molecule has 3 heterocycles. The van der Waals surface area contributed by atoms with Crippen molar-refractivity contribution in [3.05, 3.63) is 188 Å². The summed E-state index contributed by atoms with van der Waals surface area (Å²) in [6.07, 6.45) is 0. The van der Waals surface area contributed by atoms with E-state index < -0.39 is 0 Å². The monoisotopic (exact) mass is 689 g/mol. The highest BCUT2D eigenvalue weighted by molar-refractivity contribution is 6.19. The lowest BCUT2D eigenvalue weighted by Crippen LogP contribution is -2.16. The van der Waals surface area contributed by atoms with E-state index in [1.807, 2.05) is 24.3 Å². The second-order valence-electron chi connectivity index (χ2n) is 13.7. The van der Waals surface area contributed by atoms with Crippen LogP contribution in [-0.2, 0) is 0 Å². The SMILES string of the molecule is c1ccc(-c2ccc(-c3nc(-c4cccc5c4N(c4ccccc4)c4ccc(-c6ccccc6)c6cccc-5c46)nc4c3oc3ccccc34)cc2)cc1. The topological polar surface area (TPSA) is 42.2 Å². The Morgan fingerprint density at radius 3 is 1.81 bits per heavy atom. The number of fused-ring (bicyclic) bond motifs is 5. The Hall–Kier alpha value is -7.30. The van der Waals surface area contributed by atoms with Gasteiger partial charge in [-0.1, -0.05) is 152 Å². The molecule has 1 aliphatic rings. The van der Waals surface area contributed by atoms with E-state index in [-0.39, 0.29) is 0 Å². The van der Waals surface area contributed by atoms with Gasteiger partial charge in [-0.3, -0.25) is 0 Å². The Balaban J connectivity index is 1.18. The number of aromatic nitrogens is 2. The number of furan rings is 1. The average Bonchev–Trinajstić information content (AvgIpc) is 3.63. The maximum Gasteiger partial charge on any atom is 0.180 e. The molecule has 8 aromatic carbocycles. The fourth-order valence-corrected chi connectivity index (χ4v) is 8.17. The van der Waals surface area contributed by atoms with E-state index in [0.29, 0.717) is 11.4 Å². The number of anilines is 3. The molecule has 4 nitrogen and oxygen atoms in total. The fourth-order valence-electron chi connectivity index (χ4n) is 8.17. The Kier molecular flexibility index (Phi) is 6.82. The van der Waals surface area contributed by atoms with Gasteiger partial charge in [-0.25, -0.2) is 9.97 Å². The van der Waals surface area contributed by atoms with Crippen LogP contribution >= 0.6 is 0 Å². The minimum absolute atomic E-state index is 0.644. The molecular formula is C50H31N3O. The largest absolute Gasteiger partial charge is 0.452 e. The van der Waals surface area contributed by atoms with Gasteiger partial charge in [-0.2, -0.15) is 0 Å². The van der Waals surface area contributed by atoms with Crippen LogP contribution < -0.4 is 4.90 Å². The third-order valence-corrected chi connectivity index (χ3v) is 10.6. The van der Waals surface area contributed by atoms with Gasteiger partial charge in [-0.05, 0) is 69.6 Å². The molecule has 0 N–H and O–H groups in total. The molecule has 2 aromatic heterocycles. The van der Waals surface area contributed by atoms with Crippen LogP contribution in [-0.4, -0.2) is 9.97 Å². The molecule has 0 aliphatic carbocycles. The first kappa shape index (κ1) is 30.3. The van der Waals surface area contributed by atoms with Crippen LogP contribution in [0, 0.1) is 0 Å². The second kappa shape index (κ2) is 12.1. The van der Waals surface area contributed by atoms with Crippen LogP contribution in [0.25, 0.3) is 88.9 Å². The van der Waals surface area contributed by atoms with Gasteiger partial charge < -0.3 is 9.32 Å². The highest BCUT2D eigenvalue weighted by atomic mass is 16.3. The molecule has 0 bridgehead atoms. The summed E-state index contributed by atoms with van der Waals surface area (Å²) in [5.74, 6) is 0.644. The minimum Gasteiger partial charge on any atom is -0.452 e. The van der Waals surface area contributed by atoms with E-state index in [1.54, 1.807) is 0 Å². The molecule has 11 rings (SSSR count). The summed E-state index contributed by atoms with van der Waals surface area (Å²) in [4.78, 5) is 13.1. The van der Waals surface area contributed by atoms with Crippen molar-refractivity contribution in [2.24, 2.45) is 0 Å². The summed E-state index contributed by atoms with van der Waals surface area (Å²) in [5, 5.41) is 3.41. The van der Waals surface area contributed by atoms with Crippen molar-refractivity contribution >= 4 is 49.9 Å². The standard InChI is InChI=1S/C50H31N3O/c1-4-14-32(15-5-1)33-26-28-35(29-27-33)46-49-47(41-20-10-11-25-44(41)54-49)52-50(51-46)42-24-13-23-40-39-22-12-21-38-37(34-16-6-2-7-17-34)30-31-43(45(38)39)53(48(40)42)36-18-8-3-9-19-36/h1-31H. The molecule has 0 spiro atoms. The molecule has 4 heteroatoms. The first-order valence-electron chi connectivity index (χ1n) is 18.3. The molecule has 0 saturated carbocycles. The molecule has 0 unspecified atom stereocenters. The van der Waals surface area contributed by atoms with Crippen molar-refractivity contribution in [3.63, 3.8) is 0 Å². The third kappa shape index (κ3) is 4.70. The maximum absolute atomic E-state index is 6.54. The smallest absolute Gasteiger partial charge is 0.180 e. The number of nitrogens with zero attached hydrogens (tertiary/aromatic N) is 3. The molecule has 54 heavy (non-hydrogen) atoms. The van der Waals surface area contributed by atoms with Gasteiger partial charge in [-0.15, -0.1) is 0 Å². The zero-order chi connectivity index (χ0) is 35.6. The summed E-state index contributed by atoms with van der Waals surface area (Å²) in [6.45, 7) is 0. The van der Waals surface area contributed by atoms with E-state index in [9.17, 15) is 0 Å². The van der Waals surface area contributed by atoms with Crippen molar-refractivity contribution in [3.8, 4) is 56.0 Å². The molecule has 0 amide bonds. The summed E-state index contributed by atoms with van der Waals surface area (Å²) in [5.41, 5.74) is 15.2. The molecule has 0 atom stereocenters. The van der Waals surface area contributed by atoms with Crippen molar-refractivity contribution < 1.29 is 4.42 Å². The summed E-state index contributed by atoms with van der Waals surface area (Å²) in [7, 11) is 0. The lowest BCUT2D eigenvalue weighted by molar-refractivity contribution is 0.667. The Morgan fingerprint density at radius 2 is 1.02 bits per heavy atom. The number of benzene rings is 8. The van der Waals surface area contributed by atoms with Crippen LogP contribution in [0.3, 0.4) is 0 Å². The van der Waals surface area contributed by atoms with Crippen LogP contribution in [0.1, 0.15) is 0 Å². The lowest BCUT2D eigenvalue weighted by Gasteiger charge is -2.35. The van der Waals surface area contributed by atoms with Crippen LogP contribution in [0.4, 0.5) is 17.1 Å². The zero-order valence-electron chi connectivity index (χ0n) is 29.1. The van der Waals surface area contributed by atoms with Gasteiger partial charge in [0.1, 0.15) is 16.8 Å². The number of hydrogen-bond donors (Lipinski definition) is 0. The van der Waals surface area contributed by atoms with E-state index in [2.05, 4.69) is 169 Å². The fraction of sp³-hybridized carbons (Fsp3) is 0. The number of para-hydroxylation sites is 3. The summed E-state index contributed by atoms with van der Waals surface area (Å²) < 4.78 is 6.54. The first-order valence-corrected chi connectivity index (χ1v) is 18.3. The highest BCUT2D eigenvalue weighted by Gasteiger charge is 2.31. The predicted octanol–water partition coefficient (Wildman–Crippen LogP) is 13.6. The van der Waals surface area contributed by atoms with Gasteiger partial charge in [0.15, 0.2) is 11.4 Å². The molecule has 0 fully saturated rings. The molecule has 0 saturated heterocycles. The van der Waals surface area contributed by atoms with Gasteiger partial charge in [0.2, 0.25) is 0 Å². The van der Waals surface area contributed by atoms with E-state index in [4.69, 9.17) is 14.4 Å². The molecule has 0 radical (unpaired) electrons. The van der Waals surface area contributed by atoms with Crippen LogP contribution in [0.5, 0.6) is 0 Å². The number of hydrogen-bond acceptors (Lipinski definition) is 4. The Bertz CT molecular complexity index is 3030. The molecule has 1 aliphatic heterocycles. The van der Waals surface area contributed by atoms with Crippen molar-refractivity contribution in [2.75, 3.05) is 4.90 Å². The Morgan fingerprint density at radius 1 is 0.407 bits per heavy atom. The molecular weight excluding hydrogens is 659 g/mol. The van der Waals surface area contributed by atoms with Crippen molar-refractivity contribution in [2.45, 2.75) is 0 Å². The highest BCUT2D eigenvalue weighted by Crippen LogP contribution is 2.55. The van der Waals surface area contributed by atoms with E-state index in [1.165, 1.54) is 33.0 Å². The Labute approximate surface area is 312 Å². The minimum atomic E-state index is 0.644. The number of rotatable bonds is 5. The molecule has 10 aromatic rings. The van der Waals surface area contributed by atoms with Crippen LogP contribution in [0.2, 0.25) is 0 Å². The summed E-state index contributed by atoms with van der Waals surface area (Å²) in [6, 6.07) is 66.2. The van der Waals surface area contributed by atoms with E-state index >= 15 is 0 Å². The van der Waals surface area contributed by atoms with Gasteiger partial charge in [0, 0.05) is 33.2 Å². The third-order valence-electron chi connectivity index (χ3n) is 10.6. The van der Waals surface area contributed by atoms with Crippen molar-refractivity contribution in [1.82, 2.24) is 9.97 Å². The second-order valence-corrected chi connectivity index (χ2v) is 13.7. The van der Waals surface area contributed by atoms with Gasteiger partial charge in [0.05, 0.1) is 11.4 Å². The quantitative estimate of drug-likeness (QED) is 0.180.